The van der Waals surface area contributed by atoms with Crippen LogP contribution in [0.5, 0.6) is 0 Å². The number of hydrogen-bond donors (Lipinski definition) is 0. The smallest absolute Gasteiger partial charge is 0.220 e. The SMILES string of the molecule is CC(Cl)c1cn(-c2ccc(Br)cc2C(F)(F)F)nn1. The first-order chi connectivity index (χ1) is 8.79. The van der Waals surface area contributed by atoms with Gasteiger partial charge < -0.3 is 0 Å². The fourth-order valence-electron chi connectivity index (χ4n) is 1.51. The van der Waals surface area contributed by atoms with E-state index in [0.29, 0.717) is 10.2 Å². The summed E-state index contributed by atoms with van der Waals surface area (Å²) in [4.78, 5) is 0. The summed E-state index contributed by atoms with van der Waals surface area (Å²) >= 11 is 8.84. The molecule has 0 spiro atoms. The third-order valence-electron chi connectivity index (χ3n) is 2.43. The summed E-state index contributed by atoms with van der Waals surface area (Å²) in [6.45, 7) is 1.67. The maximum absolute atomic E-state index is 13.0. The second-order valence-electron chi connectivity index (χ2n) is 3.86. The van der Waals surface area contributed by atoms with Gasteiger partial charge in [-0.15, -0.1) is 16.7 Å². The highest BCUT2D eigenvalue weighted by Gasteiger charge is 2.34. The Morgan fingerprint density at radius 3 is 2.58 bits per heavy atom. The molecular weight excluding hydrogens is 346 g/mol. The van der Waals surface area contributed by atoms with Gasteiger partial charge in [0.25, 0.3) is 0 Å². The molecule has 0 aliphatic heterocycles. The van der Waals surface area contributed by atoms with E-state index < -0.39 is 17.1 Å². The molecule has 102 valence electrons. The molecule has 8 heteroatoms. The maximum atomic E-state index is 13.0. The van der Waals surface area contributed by atoms with Crippen LogP contribution in [0, 0.1) is 0 Å². The highest BCUT2D eigenvalue weighted by atomic mass is 79.9. The van der Waals surface area contributed by atoms with E-state index in [1.807, 2.05) is 0 Å². The second-order valence-corrected chi connectivity index (χ2v) is 5.43. The van der Waals surface area contributed by atoms with E-state index in [-0.39, 0.29) is 5.69 Å². The summed E-state index contributed by atoms with van der Waals surface area (Å²) in [5.74, 6) is 0. The molecule has 1 atom stereocenters. The Morgan fingerprint density at radius 2 is 2.05 bits per heavy atom. The summed E-state index contributed by atoms with van der Waals surface area (Å²) < 4.78 is 40.3. The molecule has 0 aliphatic rings. The fourth-order valence-corrected chi connectivity index (χ4v) is 1.97. The molecule has 1 aromatic heterocycles. The number of alkyl halides is 4. The lowest BCUT2D eigenvalue weighted by Gasteiger charge is -2.12. The molecule has 2 aromatic rings. The van der Waals surface area contributed by atoms with Crippen LogP contribution in [-0.2, 0) is 6.18 Å². The van der Waals surface area contributed by atoms with Gasteiger partial charge in [0.05, 0.1) is 22.8 Å². The minimum Gasteiger partial charge on any atom is -0.220 e. The molecule has 2 rings (SSSR count). The summed E-state index contributed by atoms with van der Waals surface area (Å²) in [6, 6.07) is 3.83. The Hall–Kier alpha value is -1.08. The highest BCUT2D eigenvalue weighted by Crippen LogP contribution is 2.35. The van der Waals surface area contributed by atoms with Crippen LogP contribution in [0.1, 0.15) is 23.6 Å². The van der Waals surface area contributed by atoms with E-state index in [1.165, 1.54) is 18.3 Å². The van der Waals surface area contributed by atoms with E-state index in [4.69, 9.17) is 11.6 Å². The van der Waals surface area contributed by atoms with Crippen LogP contribution < -0.4 is 0 Å². The lowest BCUT2D eigenvalue weighted by Crippen LogP contribution is -2.11. The van der Waals surface area contributed by atoms with Crippen LogP contribution >= 0.6 is 27.5 Å². The number of nitrogens with zero attached hydrogens (tertiary/aromatic N) is 3. The zero-order valence-corrected chi connectivity index (χ0v) is 12.0. The number of aromatic nitrogens is 3. The van der Waals surface area contributed by atoms with Gasteiger partial charge in [-0.05, 0) is 25.1 Å². The van der Waals surface area contributed by atoms with Crippen molar-refractivity contribution in [3.63, 3.8) is 0 Å². The summed E-state index contributed by atoms with van der Waals surface area (Å²) in [5.41, 5.74) is -0.468. The second kappa shape index (κ2) is 5.13. The van der Waals surface area contributed by atoms with E-state index in [2.05, 4.69) is 26.2 Å². The highest BCUT2D eigenvalue weighted by molar-refractivity contribution is 9.10. The van der Waals surface area contributed by atoms with Gasteiger partial charge in [-0.2, -0.15) is 13.2 Å². The minimum absolute atomic E-state index is 0.0910. The Bertz CT molecular complexity index is 595. The topological polar surface area (TPSA) is 30.7 Å². The minimum atomic E-state index is -4.47. The lowest BCUT2D eigenvalue weighted by molar-refractivity contribution is -0.137. The van der Waals surface area contributed by atoms with Crippen molar-refractivity contribution in [2.45, 2.75) is 18.5 Å². The number of benzene rings is 1. The Morgan fingerprint density at radius 1 is 1.37 bits per heavy atom. The van der Waals surface area contributed by atoms with E-state index in [1.54, 1.807) is 6.92 Å². The number of halogens is 5. The van der Waals surface area contributed by atoms with Gasteiger partial charge in [0.2, 0.25) is 0 Å². The molecule has 1 heterocycles. The average molecular weight is 355 g/mol. The van der Waals surface area contributed by atoms with Gasteiger partial charge in [0, 0.05) is 4.47 Å². The van der Waals surface area contributed by atoms with Crippen LogP contribution in [0.4, 0.5) is 13.2 Å². The number of hydrogen-bond acceptors (Lipinski definition) is 2. The van der Waals surface area contributed by atoms with E-state index >= 15 is 0 Å². The molecule has 0 bridgehead atoms. The van der Waals surface area contributed by atoms with E-state index in [0.717, 1.165) is 10.7 Å². The van der Waals surface area contributed by atoms with Crippen LogP contribution in [-0.4, -0.2) is 15.0 Å². The molecule has 0 radical (unpaired) electrons. The normalized spacial score (nSPS) is 13.6. The molecule has 3 nitrogen and oxygen atoms in total. The van der Waals surface area contributed by atoms with Crippen LogP contribution in [0.25, 0.3) is 5.69 Å². The molecule has 0 saturated heterocycles. The van der Waals surface area contributed by atoms with Gasteiger partial charge in [-0.25, -0.2) is 4.68 Å². The van der Waals surface area contributed by atoms with Crippen molar-refractivity contribution >= 4 is 27.5 Å². The third kappa shape index (κ3) is 3.09. The maximum Gasteiger partial charge on any atom is 0.418 e. The summed E-state index contributed by atoms with van der Waals surface area (Å²) in [7, 11) is 0. The molecule has 19 heavy (non-hydrogen) atoms. The van der Waals surface area contributed by atoms with Crippen molar-refractivity contribution in [3.8, 4) is 5.69 Å². The van der Waals surface area contributed by atoms with Crippen LogP contribution in [0.15, 0.2) is 28.9 Å². The quantitative estimate of drug-likeness (QED) is 0.751. The standard InChI is InChI=1S/C11H8BrClF3N3/c1-6(13)9-5-19(18-17-9)10-3-2-7(12)4-8(10)11(14,15)16/h2-6H,1H3. The summed E-state index contributed by atoms with van der Waals surface area (Å²) in [6.07, 6.45) is -3.09. The molecule has 0 aliphatic carbocycles. The van der Waals surface area contributed by atoms with Crippen molar-refractivity contribution in [2.75, 3.05) is 0 Å². The van der Waals surface area contributed by atoms with Crippen molar-refractivity contribution in [2.24, 2.45) is 0 Å². The van der Waals surface area contributed by atoms with Crippen molar-refractivity contribution < 1.29 is 13.2 Å². The van der Waals surface area contributed by atoms with Gasteiger partial charge >= 0.3 is 6.18 Å². The zero-order valence-electron chi connectivity index (χ0n) is 9.62. The average Bonchev–Trinajstić information content (AvgIpc) is 2.77. The number of rotatable bonds is 2. The first kappa shape index (κ1) is 14.3. The van der Waals surface area contributed by atoms with Crippen LogP contribution in [0.3, 0.4) is 0 Å². The Kier molecular flexibility index (Phi) is 3.87. The van der Waals surface area contributed by atoms with Crippen molar-refractivity contribution in [3.05, 3.63) is 40.1 Å². The zero-order chi connectivity index (χ0) is 14.2. The van der Waals surface area contributed by atoms with Gasteiger partial charge in [0.15, 0.2) is 0 Å². The Labute approximate surface area is 120 Å². The van der Waals surface area contributed by atoms with Crippen molar-refractivity contribution in [1.82, 2.24) is 15.0 Å². The van der Waals surface area contributed by atoms with Gasteiger partial charge in [-0.1, -0.05) is 21.1 Å². The molecule has 1 aromatic carbocycles. The van der Waals surface area contributed by atoms with Crippen LogP contribution in [0.2, 0.25) is 0 Å². The molecule has 0 amide bonds. The van der Waals surface area contributed by atoms with E-state index in [9.17, 15) is 13.2 Å². The van der Waals surface area contributed by atoms with Crippen molar-refractivity contribution in [1.29, 1.82) is 0 Å². The molecule has 0 N–H and O–H groups in total. The fraction of sp³-hybridized carbons (Fsp3) is 0.273. The predicted molar refractivity (Wildman–Crippen MR) is 68.3 cm³/mol. The lowest BCUT2D eigenvalue weighted by atomic mass is 10.1. The molecule has 0 fully saturated rings. The third-order valence-corrected chi connectivity index (χ3v) is 3.15. The monoisotopic (exact) mass is 353 g/mol. The largest absolute Gasteiger partial charge is 0.418 e. The molecule has 0 saturated carbocycles. The van der Waals surface area contributed by atoms with Gasteiger partial charge in [-0.3, -0.25) is 0 Å². The summed E-state index contributed by atoms with van der Waals surface area (Å²) in [5, 5.41) is 7.00. The first-order valence-corrected chi connectivity index (χ1v) is 6.45. The van der Waals surface area contributed by atoms with Gasteiger partial charge in [0.1, 0.15) is 5.69 Å². The Balaban J connectivity index is 2.55. The molecule has 1 unspecified atom stereocenters. The molecular formula is C11H8BrClF3N3. The first-order valence-electron chi connectivity index (χ1n) is 5.22. The predicted octanol–water partition coefficient (Wildman–Crippen LogP) is 4.35.